The summed E-state index contributed by atoms with van der Waals surface area (Å²) in [6.07, 6.45) is 2.23. The van der Waals surface area contributed by atoms with Crippen LogP contribution in [0.15, 0.2) is 27.7 Å². The van der Waals surface area contributed by atoms with Crippen LogP contribution in [0.4, 0.5) is 4.39 Å². The Kier molecular flexibility index (Phi) is 5.64. The molecule has 0 amide bonds. The minimum Gasteiger partial charge on any atom is -0.445 e. The van der Waals surface area contributed by atoms with E-state index < -0.39 is 12.2 Å². The number of Topliss-reactive ketones (excluding diaryl/α,β-unsaturated/α-hetero) is 1. The number of nitrogens with zero attached hydrogens (tertiary/aromatic N) is 3. The van der Waals surface area contributed by atoms with Gasteiger partial charge in [-0.1, -0.05) is 25.6 Å². The molecule has 0 saturated heterocycles. The van der Waals surface area contributed by atoms with Gasteiger partial charge in [0.2, 0.25) is 0 Å². The smallest absolute Gasteiger partial charge is 0.191 e. The lowest BCUT2D eigenvalue weighted by molar-refractivity contribution is 0.0986. The highest BCUT2D eigenvalue weighted by Crippen LogP contribution is 2.35. The first kappa shape index (κ1) is 19.5. The molecule has 3 heterocycles. The summed E-state index contributed by atoms with van der Waals surface area (Å²) in [5.74, 6) is 1.67. The topological polar surface area (TPSA) is 94.4 Å². The number of thioether (sulfide) groups is 1. The number of rotatable bonds is 6. The summed E-state index contributed by atoms with van der Waals surface area (Å²) in [6, 6.07) is 3.49. The number of ketones is 1. The maximum Gasteiger partial charge on any atom is 0.191 e. The van der Waals surface area contributed by atoms with E-state index in [1.165, 1.54) is 11.8 Å². The monoisotopic (exact) mass is 390 g/mol. The highest BCUT2D eigenvalue weighted by Gasteiger charge is 2.36. The number of aromatic nitrogens is 2. The third kappa shape index (κ3) is 4.05. The number of carbonyl (C=O) groups is 1. The van der Waals surface area contributed by atoms with Crippen LogP contribution < -0.4 is 5.73 Å². The van der Waals surface area contributed by atoms with Gasteiger partial charge in [-0.25, -0.2) is 14.4 Å². The number of oxazole rings is 1. The molecular weight excluding hydrogens is 367 g/mol. The van der Waals surface area contributed by atoms with Crippen LogP contribution in [-0.2, 0) is 12.0 Å². The number of carbonyl (C=O) groups excluding carboxylic acids is 1. The van der Waals surface area contributed by atoms with Gasteiger partial charge in [-0.05, 0) is 24.1 Å². The Morgan fingerprint density at radius 2 is 2.26 bits per heavy atom. The van der Waals surface area contributed by atoms with E-state index in [0.29, 0.717) is 40.4 Å². The van der Waals surface area contributed by atoms with E-state index in [1.807, 2.05) is 13.8 Å². The van der Waals surface area contributed by atoms with Crippen molar-refractivity contribution in [2.45, 2.75) is 45.1 Å². The van der Waals surface area contributed by atoms with E-state index >= 15 is 0 Å². The molecule has 0 radical (unpaired) electrons. The zero-order valence-corrected chi connectivity index (χ0v) is 16.5. The Hall–Kier alpha value is -2.22. The molecule has 0 bridgehead atoms. The number of aryl methyl sites for hydroxylation is 1. The third-order valence-electron chi connectivity index (χ3n) is 4.53. The van der Waals surface area contributed by atoms with Crippen molar-refractivity contribution in [3.63, 3.8) is 0 Å². The van der Waals surface area contributed by atoms with E-state index in [1.54, 1.807) is 25.3 Å². The van der Waals surface area contributed by atoms with Crippen molar-refractivity contribution in [3.8, 4) is 0 Å². The van der Waals surface area contributed by atoms with Gasteiger partial charge >= 0.3 is 0 Å². The molecule has 0 saturated carbocycles. The second kappa shape index (κ2) is 7.80. The van der Waals surface area contributed by atoms with Gasteiger partial charge in [-0.2, -0.15) is 0 Å². The molecule has 1 aliphatic rings. The van der Waals surface area contributed by atoms with Crippen LogP contribution in [-0.4, -0.2) is 33.3 Å². The van der Waals surface area contributed by atoms with Gasteiger partial charge in [-0.3, -0.25) is 9.78 Å². The van der Waals surface area contributed by atoms with E-state index in [-0.39, 0.29) is 18.1 Å². The first-order valence-electron chi connectivity index (χ1n) is 8.84. The van der Waals surface area contributed by atoms with Crippen LogP contribution in [0, 0.1) is 6.92 Å². The molecule has 3 rings (SSSR count). The Labute approximate surface area is 161 Å². The lowest BCUT2D eigenvalue weighted by Gasteiger charge is -2.30. The van der Waals surface area contributed by atoms with Gasteiger partial charge in [-0.15, -0.1) is 0 Å². The summed E-state index contributed by atoms with van der Waals surface area (Å²) >= 11 is 1.41. The first-order valence-corrected chi connectivity index (χ1v) is 9.83. The number of hydrogen-bond donors (Lipinski definition) is 1. The van der Waals surface area contributed by atoms with Crippen LogP contribution in [0.1, 0.15) is 59.6 Å². The van der Waals surface area contributed by atoms with Crippen molar-refractivity contribution in [2.24, 2.45) is 10.7 Å². The molecule has 6 nitrogen and oxygen atoms in total. The number of aliphatic imine (C=N–C) groups is 1. The van der Waals surface area contributed by atoms with E-state index in [4.69, 9.17) is 10.2 Å². The van der Waals surface area contributed by atoms with Crippen molar-refractivity contribution in [2.75, 3.05) is 12.4 Å². The molecule has 0 fully saturated rings. The van der Waals surface area contributed by atoms with Crippen molar-refractivity contribution >= 4 is 22.7 Å². The molecule has 144 valence electrons. The van der Waals surface area contributed by atoms with Gasteiger partial charge in [0.25, 0.3) is 0 Å². The van der Waals surface area contributed by atoms with Crippen molar-refractivity contribution < 1.29 is 13.6 Å². The van der Waals surface area contributed by atoms with Crippen molar-refractivity contribution in [3.05, 3.63) is 46.9 Å². The molecule has 1 atom stereocenters. The summed E-state index contributed by atoms with van der Waals surface area (Å²) in [5.41, 5.74) is 6.34. The summed E-state index contributed by atoms with van der Waals surface area (Å²) in [6.45, 7) is 4.95. The predicted molar refractivity (Wildman–Crippen MR) is 104 cm³/mol. The largest absolute Gasteiger partial charge is 0.445 e. The molecule has 2 N–H and O–H groups in total. The Morgan fingerprint density at radius 3 is 2.93 bits per heavy atom. The van der Waals surface area contributed by atoms with E-state index in [9.17, 15) is 9.18 Å². The summed E-state index contributed by atoms with van der Waals surface area (Å²) in [5, 5.41) is 0.363. The minimum atomic E-state index is -1.07. The zero-order valence-electron chi connectivity index (χ0n) is 15.7. The Morgan fingerprint density at radius 1 is 1.48 bits per heavy atom. The highest BCUT2D eigenvalue weighted by molar-refractivity contribution is 8.13. The Bertz CT molecular complexity index is 880. The quantitative estimate of drug-likeness (QED) is 0.758. The van der Waals surface area contributed by atoms with Crippen LogP contribution in [0.2, 0.25) is 0 Å². The summed E-state index contributed by atoms with van der Waals surface area (Å²) < 4.78 is 19.5. The van der Waals surface area contributed by atoms with Gasteiger partial charge in [0.1, 0.15) is 23.7 Å². The third-order valence-corrected chi connectivity index (χ3v) is 5.32. The molecule has 0 unspecified atom stereocenters. The molecular formula is C19H23FN4O2S. The number of pyridine rings is 1. The minimum absolute atomic E-state index is 0.0602. The van der Waals surface area contributed by atoms with Crippen LogP contribution >= 0.6 is 11.8 Å². The predicted octanol–water partition coefficient (Wildman–Crippen LogP) is 3.54. The average molecular weight is 390 g/mol. The number of alkyl halides is 1. The lowest BCUT2D eigenvalue weighted by atomic mass is 9.91. The fraction of sp³-hybridized carbons (Fsp3) is 0.474. The van der Waals surface area contributed by atoms with E-state index in [2.05, 4.69) is 15.0 Å². The fourth-order valence-corrected chi connectivity index (χ4v) is 4.00. The molecule has 2 aromatic heterocycles. The molecule has 0 spiro atoms. The second-order valence-corrected chi connectivity index (χ2v) is 8.08. The number of hydrogen-bond acceptors (Lipinski definition) is 7. The molecule has 2 aromatic rings. The zero-order chi connectivity index (χ0) is 19.6. The first-order chi connectivity index (χ1) is 12.8. The standard InChI is InChI=1S/C19H23FN4O2S/c1-11(2)17-16(23-12(3)26-17)14(25)8-13-4-6-22-15(9-13)19(10-20)5-7-27-18(21)24-19/h4,6,9,11H,5,7-8,10H2,1-3H3,(H2,21,24)/t19-/m1/s1. The average Bonchev–Trinajstić information content (AvgIpc) is 3.04. The summed E-state index contributed by atoms with van der Waals surface area (Å²) in [4.78, 5) is 25.7. The Balaban J connectivity index is 1.88. The van der Waals surface area contributed by atoms with Crippen LogP contribution in [0.3, 0.4) is 0 Å². The fourth-order valence-electron chi connectivity index (χ4n) is 3.12. The van der Waals surface area contributed by atoms with Gasteiger partial charge < -0.3 is 10.2 Å². The van der Waals surface area contributed by atoms with Gasteiger partial charge in [0.05, 0.1) is 5.69 Å². The molecule has 8 heteroatoms. The maximum atomic E-state index is 13.9. The molecule has 27 heavy (non-hydrogen) atoms. The number of halogens is 1. The maximum absolute atomic E-state index is 13.9. The SMILES string of the molecule is Cc1nc(C(=O)Cc2ccnc([C@]3(CF)CCSC(N)=N3)c2)c(C(C)C)o1. The van der Waals surface area contributed by atoms with Crippen LogP contribution in [0.25, 0.3) is 0 Å². The van der Waals surface area contributed by atoms with Crippen molar-refractivity contribution in [1.29, 1.82) is 0 Å². The molecule has 0 aliphatic carbocycles. The second-order valence-electron chi connectivity index (χ2n) is 6.96. The van der Waals surface area contributed by atoms with E-state index in [0.717, 1.165) is 5.56 Å². The van der Waals surface area contributed by atoms with Crippen molar-refractivity contribution in [1.82, 2.24) is 9.97 Å². The lowest BCUT2D eigenvalue weighted by Crippen LogP contribution is -2.34. The van der Waals surface area contributed by atoms with Gasteiger partial charge in [0.15, 0.2) is 16.8 Å². The van der Waals surface area contributed by atoms with Crippen LogP contribution in [0.5, 0.6) is 0 Å². The molecule has 0 aromatic carbocycles. The van der Waals surface area contributed by atoms with Gasteiger partial charge in [0, 0.05) is 31.2 Å². The molecule has 1 aliphatic heterocycles. The number of nitrogens with two attached hydrogens (primary N) is 1. The highest BCUT2D eigenvalue weighted by atomic mass is 32.2. The number of amidine groups is 1. The summed E-state index contributed by atoms with van der Waals surface area (Å²) in [7, 11) is 0. The normalized spacial score (nSPS) is 20.0.